The van der Waals surface area contributed by atoms with Crippen LogP contribution < -0.4 is 10.2 Å². The van der Waals surface area contributed by atoms with Crippen LogP contribution in [0.2, 0.25) is 0 Å². The summed E-state index contributed by atoms with van der Waals surface area (Å²) in [6.07, 6.45) is 1.62. The molecule has 1 N–H and O–H groups in total. The first kappa shape index (κ1) is 20.7. The Morgan fingerprint density at radius 1 is 0.871 bits per heavy atom. The number of hydrogen-bond acceptors (Lipinski definition) is 4. The summed E-state index contributed by atoms with van der Waals surface area (Å²) in [6.45, 7) is 0.507. The maximum Gasteiger partial charge on any atom is 0.250 e. The van der Waals surface area contributed by atoms with Crippen LogP contribution in [-0.2, 0) is 11.4 Å². The monoisotopic (exact) mass is 426 g/mol. The molecule has 0 spiro atoms. The quantitative estimate of drug-likeness (QED) is 0.225. The Morgan fingerprint density at radius 3 is 2.42 bits per heavy atom. The molecule has 0 unspecified atom stereocenters. The molecule has 5 heteroatoms. The van der Waals surface area contributed by atoms with Crippen molar-refractivity contribution in [3.63, 3.8) is 0 Å². The predicted molar refractivity (Wildman–Crippen MR) is 128 cm³/mol. The third kappa shape index (κ3) is 6.20. The lowest BCUT2D eigenvalue weighted by Gasteiger charge is -2.07. The largest absolute Gasteiger partial charge is 0.489 e. The molecule has 0 bridgehead atoms. The molecule has 31 heavy (non-hydrogen) atoms. The van der Waals surface area contributed by atoms with Crippen molar-refractivity contribution in [2.24, 2.45) is 5.10 Å². The minimum Gasteiger partial charge on any atom is -0.489 e. The number of amides is 1. The Balaban J connectivity index is 1.24. The number of carbonyl (C=O) groups excluding carboxylic acids is 1. The van der Waals surface area contributed by atoms with E-state index in [-0.39, 0.29) is 5.91 Å². The number of ether oxygens (including phenoxy) is 1. The molecule has 0 radical (unpaired) electrons. The minimum absolute atomic E-state index is 0.138. The summed E-state index contributed by atoms with van der Waals surface area (Å²) in [5.41, 5.74) is 4.56. The van der Waals surface area contributed by atoms with Gasteiger partial charge in [0.25, 0.3) is 0 Å². The van der Waals surface area contributed by atoms with Crippen molar-refractivity contribution in [3.8, 4) is 5.75 Å². The molecule has 0 aromatic heterocycles. The second kappa shape index (κ2) is 10.5. The molecule has 4 aromatic carbocycles. The van der Waals surface area contributed by atoms with Gasteiger partial charge in [-0.2, -0.15) is 5.10 Å². The molecular weight excluding hydrogens is 404 g/mol. The normalized spacial score (nSPS) is 11.0. The van der Waals surface area contributed by atoms with Crippen molar-refractivity contribution in [2.75, 3.05) is 5.75 Å². The molecule has 0 aliphatic rings. The molecule has 0 atom stereocenters. The molecule has 4 rings (SSSR count). The predicted octanol–water partition coefficient (Wildman–Crippen LogP) is 5.66. The van der Waals surface area contributed by atoms with Crippen LogP contribution in [0.5, 0.6) is 5.75 Å². The Hall–Kier alpha value is -3.57. The van der Waals surface area contributed by atoms with Gasteiger partial charge >= 0.3 is 0 Å². The van der Waals surface area contributed by atoms with E-state index in [0.29, 0.717) is 12.4 Å². The van der Waals surface area contributed by atoms with Crippen LogP contribution in [0.3, 0.4) is 0 Å². The molecule has 0 aliphatic heterocycles. The fraction of sp³-hybridized carbons (Fsp3) is 0.0769. The van der Waals surface area contributed by atoms with Gasteiger partial charge < -0.3 is 4.74 Å². The zero-order chi connectivity index (χ0) is 21.3. The van der Waals surface area contributed by atoms with Crippen molar-refractivity contribution in [1.29, 1.82) is 0 Å². The number of rotatable bonds is 8. The van der Waals surface area contributed by atoms with Crippen LogP contribution in [0, 0.1) is 0 Å². The SMILES string of the molecule is O=C(CSc1ccccc1)N/N=C\c1ccc(OCc2ccc3ccccc3c2)cc1. The summed E-state index contributed by atoms with van der Waals surface area (Å²) < 4.78 is 5.90. The lowest BCUT2D eigenvalue weighted by atomic mass is 10.1. The number of carbonyl (C=O) groups is 1. The van der Waals surface area contributed by atoms with Crippen LogP contribution in [-0.4, -0.2) is 17.9 Å². The summed E-state index contributed by atoms with van der Waals surface area (Å²) in [7, 11) is 0. The lowest BCUT2D eigenvalue weighted by molar-refractivity contribution is -0.118. The van der Waals surface area contributed by atoms with Gasteiger partial charge in [0.1, 0.15) is 12.4 Å². The van der Waals surface area contributed by atoms with Gasteiger partial charge in [0.05, 0.1) is 12.0 Å². The van der Waals surface area contributed by atoms with Crippen LogP contribution in [0.15, 0.2) is 107 Å². The van der Waals surface area contributed by atoms with Crippen molar-refractivity contribution in [2.45, 2.75) is 11.5 Å². The zero-order valence-electron chi connectivity index (χ0n) is 16.9. The molecule has 4 nitrogen and oxygen atoms in total. The van der Waals surface area contributed by atoms with Crippen molar-refractivity contribution in [1.82, 2.24) is 5.43 Å². The van der Waals surface area contributed by atoms with Gasteiger partial charge in [0.15, 0.2) is 0 Å². The average molecular weight is 427 g/mol. The van der Waals surface area contributed by atoms with Crippen LogP contribution in [0.25, 0.3) is 10.8 Å². The fourth-order valence-electron chi connectivity index (χ4n) is 3.02. The van der Waals surface area contributed by atoms with E-state index >= 15 is 0 Å². The molecule has 0 aliphatic carbocycles. The fourth-order valence-corrected chi connectivity index (χ4v) is 3.73. The van der Waals surface area contributed by atoms with Crippen LogP contribution in [0.1, 0.15) is 11.1 Å². The van der Waals surface area contributed by atoms with E-state index in [1.54, 1.807) is 6.21 Å². The molecule has 4 aromatic rings. The van der Waals surface area contributed by atoms with Crippen molar-refractivity contribution < 1.29 is 9.53 Å². The van der Waals surface area contributed by atoms with E-state index in [4.69, 9.17) is 4.74 Å². The van der Waals surface area contributed by atoms with E-state index in [0.717, 1.165) is 21.8 Å². The summed E-state index contributed by atoms with van der Waals surface area (Å²) >= 11 is 1.48. The first-order valence-corrected chi connectivity index (χ1v) is 11.0. The number of hydrogen-bond donors (Lipinski definition) is 1. The van der Waals surface area contributed by atoms with Gasteiger partial charge in [-0.1, -0.05) is 54.6 Å². The van der Waals surface area contributed by atoms with Gasteiger partial charge in [0, 0.05) is 4.90 Å². The molecular formula is C26H22N2O2S. The zero-order valence-corrected chi connectivity index (χ0v) is 17.7. The second-order valence-corrected chi connectivity index (χ2v) is 7.98. The van der Waals surface area contributed by atoms with Gasteiger partial charge in [-0.05, 0) is 64.4 Å². The summed E-state index contributed by atoms with van der Waals surface area (Å²) in [4.78, 5) is 13.0. The van der Waals surface area contributed by atoms with Gasteiger partial charge in [-0.25, -0.2) is 5.43 Å². The number of nitrogens with zero attached hydrogens (tertiary/aromatic N) is 1. The average Bonchev–Trinajstić information content (AvgIpc) is 2.83. The highest BCUT2D eigenvalue weighted by Crippen LogP contribution is 2.18. The van der Waals surface area contributed by atoms with Crippen molar-refractivity contribution >= 4 is 34.7 Å². The highest BCUT2D eigenvalue weighted by molar-refractivity contribution is 8.00. The Labute approximate surface area is 186 Å². The lowest BCUT2D eigenvalue weighted by Crippen LogP contribution is -2.19. The summed E-state index contributed by atoms with van der Waals surface area (Å²) in [6, 6.07) is 32.1. The molecule has 0 heterocycles. The van der Waals surface area contributed by atoms with Gasteiger partial charge in [-0.3, -0.25) is 4.79 Å². The Morgan fingerprint density at radius 2 is 1.61 bits per heavy atom. The van der Waals surface area contributed by atoms with Crippen LogP contribution >= 0.6 is 11.8 Å². The first-order chi connectivity index (χ1) is 15.3. The van der Waals surface area contributed by atoms with E-state index < -0.39 is 0 Å². The summed E-state index contributed by atoms with van der Waals surface area (Å²) in [5, 5.41) is 6.46. The summed E-state index contributed by atoms with van der Waals surface area (Å²) in [5.74, 6) is 0.970. The minimum atomic E-state index is -0.138. The topological polar surface area (TPSA) is 50.7 Å². The highest BCUT2D eigenvalue weighted by Gasteiger charge is 2.01. The van der Waals surface area contributed by atoms with E-state index in [9.17, 15) is 4.79 Å². The van der Waals surface area contributed by atoms with Crippen molar-refractivity contribution in [3.05, 3.63) is 108 Å². The van der Waals surface area contributed by atoms with E-state index in [1.165, 1.54) is 22.5 Å². The molecule has 1 amide bonds. The highest BCUT2D eigenvalue weighted by atomic mass is 32.2. The molecule has 0 saturated heterocycles. The van der Waals surface area contributed by atoms with Gasteiger partial charge in [-0.15, -0.1) is 11.8 Å². The van der Waals surface area contributed by atoms with E-state index in [2.05, 4.69) is 40.9 Å². The number of benzene rings is 4. The number of thioether (sulfide) groups is 1. The maximum atomic E-state index is 11.9. The van der Waals surface area contributed by atoms with E-state index in [1.807, 2.05) is 66.7 Å². The molecule has 0 saturated carbocycles. The standard InChI is InChI=1S/C26H22N2O2S/c29-26(19-31-25-8-2-1-3-9-25)28-27-17-20-11-14-24(15-12-20)30-18-21-10-13-22-6-4-5-7-23(22)16-21/h1-17H,18-19H2,(H,28,29)/b27-17-. The smallest absolute Gasteiger partial charge is 0.250 e. The van der Waals surface area contributed by atoms with Gasteiger partial charge in [0.2, 0.25) is 5.91 Å². The first-order valence-electron chi connectivity index (χ1n) is 9.96. The number of fused-ring (bicyclic) bond motifs is 1. The Kier molecular flexibility index (Phi) is 6.98. The number of hydrazone groups is 1. The van der Waals surface area contributed by atoms with Crippen LogP contribution in [0.4, 0.5) is 0 Å². The Bertz CT molecular complexity index is 1170. The number of nitrogens with one attached hydrogen (secondary N) is 1. The third-order valence-electron chi connectivity index (χ3n) is 4.62. The molecule has 0 fully saturated rings. The maximum absolute atomic E-state index is 11.9. The second-order valence-electron chi connectivity index (χ2n) is 6.93. The third-order valence-corrected chi connectivity index (χ3v) is 5.63. The molecule has 154 valence electrons.